The molecule has 0 spiro atoms. The van der Waals surface area contributed by atoms with E-state index in [0.29, 0.717) is 13.2 Å². The number of fused-ring (bicyclic) bond motifs is 2. The normalized spacial score (nSPS) is 46.3. The summed E-state index contributed by atoms with van der Waals surface area (Å²) in [6.07, 6.45) is 5.29. The van der Waals surface area contributed by atoms with Gasteiger partial charge in [0.2, 0.25) is 0 Å². The topological polar surface area (TPSA) is 44.8 Å². The van der Waals surface area contributed by atoms with E-state index in [4.69, 9.17) is 14.2 Å². The molecule has 3 aliphatic rings. The summed E-state index contributed by atoms with van der Waals surface area (Å²) in [6, 6.07) is 0. The van der Waals surface area contributed by atoms with Crippen LogP contribution in [0.3, 0.4) is 0 Å². The number of carbonyl (C=O) groups is 1. The summed E-state index contributed by atoms with van der Waals surface area (Å²) in [7, 11) is 0. The van der Waals surface area contributed by atoms with Gasteiger partial charge in [0, 0.05) is 0 Å². The summed E-state index contributed by atoms with van der Waals surface area (Å²) in [5.74, 6) is -0.124. The molecular weight excluding hydrogens is 184 g/mol. The molecule has 0 aromatic heterocycles. The predicted octanol–water partition coefficient (Wildman–Crippen LogP) is 0.272. The van der Waals surface area contributed by atoms with E-state index in [1.165, 1.54) is 0 Å². The van der Waals surface area contributed by atoms with Crippen LogP contribution in [-0.4, -0.2) is 37.5 Å². The van der Waals surface area contributed by atoms with E-state index < -0.39 is 11.9 Å². The van der Waals surface area contributed by atoms with Gasteiger partial charge >= 0.3 is 0 Å². The summed E-state index contributed by atoms with van der Waals surface area (Å²) in [4.78, 5) is 10.9. The molecule has 0 N–H and O–H groups in total. The van der Waals surface area contributed by atoms with E-state index in [2.05, 4.69) is 0 Å². The van der Waals surface area contributed by atoms with Crippen molar-refractivity contribution in [2.45, 2.75) is 24.4 Å². The quantitative estimate of drug-likeness (QED) is 0.470. The van der Waals surface area contributed by atoms with Crippen LogP contribution in [0.4, 0.5) is 0 Å². The lowest BCUT2D eigenvalue weighted by molar-refractivity contribution is -0.177. The van der Waals surface area contributed by atoms with Gasteiger partial charge in [-0.25, -0.2) is 0 Å². The van der Waals surface area contributed by atoms with Gasteiger partial charge in [0.1, 0.15) is 11.9 Å². The zero-order chi connectivity index (χ0) is 9.60. The first kappa shape index (κ1) is 8.59. The molecule has 0 amide bonds. The molecule has 4 nitrogen and oxygen atoms in total. The molecule has 0 radical (unpaired) electrons. The Morgan fingerprint density at radius 3 is 2.79 bits per heavy atom. The minimum Gasteiger partial charge on any atom is -0.358 e. The van der Waals surface area contributed by atoms with Gasteiger partial charge in [-0.15, -0.1) is 0 Å². The third-order valence-electron chi connectivity index (χ3n) is 3.15. The van der Waals surface area contributed by atoms with Crippen LogP contribution in [0.25, 0.3) is 0 Å². The molecular formula is C10H12O4. The van der Waals surface area contributed by atoms with Gasteiger partial charge < -0.3 is 19.0 Å². The maximum absolute atomic E-state index is 10.9. The summed E-state index contributed by atoms with van der Waals surface area (Å²) >= 11 is 0. The van der Waals surface area contributed by atoms with Crippen molar-refractivity contribution < 1.29 is 19.0 Å². The number of hydrogen-bond donors (Lipinski definition) is 0. The lowest BCUT2D eigenvalue weighted by atomic mass is 9.83. The fourth-order valence-corrected chi connectivity index (χ4v) is 2.46. The summed E-state index contributed by atoms with van der Waals surface area (Å²) in [5, 5.41) is 0. The predicted molar refractivity (Wildman–Crippen MR) is 46.6 cm³/mol. The van der Waals surface area contributed by atoms with Crippen LogP contribution in [0.1, 0.15) is 6.42 Å². The van der Waals surface area contributed by atoms with Crippen molar-refractivity contribution >= 4 is 6.29 Å². The lowest BCUT2D eigenvalue weighted by Gasteiger charge is -2.31. The SMILES string of the molecule is O=C[C@@H]1CC2C=C[C@]1(C1OCCO1)O2. The van der Waals surface area contributed by atoms with Gasteiger partial charge in [-0.3, -0.25) is 0 Å². The monoisotopic (exact) mass is 196 g/mol. The summed E-state index contributed by atoms with van der Waals surface area (Å²) in [5.41, 5.74) is -0.636. The van der Waals surface area contributed by atoms with Gasteiger partial charge in [-0.1, -0.05) is 6.08 Å². The Morgan fingerprint density at radius 1 is 1.36 bits per heavy atom. The minimum absolute atomic E-state index is 0.0676. The van der Waals surface area contributed by atoms with Crippen molar-refractivity contribution in [1.29, 1.82) is 0 Å². The fraction of sp³-hybridized carbons (Fsp3) is 0.700. The number of hydrogen-bond acceptors (Lipinski definition) is 4. The molecule has 0 aromatic carbocycles. The Kier molecular flexibility index (Phi) is 1.77. The van der Waals surface area contributed by atoms with Crippen molar-refractivity contribution in [2.75, 3.05) is 13.2 Å². The van der Waals surface area contributed by atoms with Gasteiger partial charge in [-0.2, -0.15) is 0 Å². The van der Waals surface area contributed by atoms with Crippen molar-refractivity contribution in [3.05, 3.63) is 12.2 Å². The first-order chi connectivity index (χ1) is 6.85. The maximum Gasteiger partial charge on any atom is 0.191 e. The third-order valence-corrected chi connectivity index (χ3v) is 3.15. The van der Waals surface area contributed by atoms with Crippen LogP contribution < -0.4 is 0 Å². The zero-order valence-corrected chi connectivity index (χ0v) is 7.72. The van der Waals surface area contributed by atoms with E-state index in [9.17, 15) is 4.79 Å². The average Bonchev–Trinajstić information content (AvgIpc) is 2.92. The number of rotatable bonds is 2. The van der Waals surface area contributed by atoms with E-state index in [1.807, 2.05) is 12.2 Å². The van der Waals surface area contributed by atoms with Gasteiger partial charge in [0.25, 0.3) is 0 Å². The molecule has 0 saturated carbocycles. The molecule has 1 unspecified atom stereocenters. The van der Waals surface area contributed by atoms with Crippen LogP contribution >= 0.6 is 0 Å². The molecule has 2 saturated heterocycles. The summed E-state index contributed by atoms with van der Waals surface area (Å²) in [6.45, 7) is 1.17. The molecule has 4 heteroatoms. The second kappa shape index (κ2) is 2.89. The van der Waals surface area contributed by atoms with Gasteiger partial charge in [0.05, 0.1) is 25.2 Å². The Balaban J connectivity index is 1.92. The van der Waals surface area contributed by atoms with Crippen molar-refractivity contribution in [1.82, 2.24) is 0 Å². The average molecular weight is 196 g/mol. The number of carbonyl (C=O) groups excluding carboxylic acids is 1. The molecule has 2 bridgehead atoms. The van der Waals surface area contributed by atoms with Crippen LogP contribution in [0.5, 0.6) is 0 Å². The largest absolute Gasteiger partial charge is 0.358 e. The lowest BCUT2D eigenvalue weighted by Crippen LogP contribution is -2.46. The first-order valence-electron chi connectivity index (χ1n) is 4.91. The van der Waals surface area contributed by atoms with Crippen molar-refractivity contribution in [2.24, 2.45) is 5.92 Å². The van der Waals surface area contributed by atoms with Crippen molar-refractivity contribution in [3.63, 3.8) is 0 Å². The molecule has 14 heavy (non-hydrogen) atoms. The van der Waals surface area contributed by atoms with Crippen LogP contribution in [0.2, 0.25) is 0 Å². The molecule has 3 rings (SSSR count). The van der Waals surface area contributed by atoms with Gasteiger partial charge in [-0.05, 0) is 12.5 Å². The Bertz CT molecular complexity index is 282. The Labute approximate surface area is 81.8 Å². The highest BCUT2D eigenvalue weighted by molar-refractivity contribution is 5.59. The molecule has 3 heterocycles. The Hall–Kier alpha value is -0.710. The standard InChI is InChI=1S/C10H12O4/c11-6-7-5-8-1-2-10(7,14-8)9-12-3-4-13-9/h1-2,6-9H,3-5H2/t7-,8?,10-/m0/s1. The van der Waals surface area contributed by atoms with Crippen LogP contribution in [-0.2, 0) is 19.0 Å². The summed E-state index contributed by atoms with van der Waals surface area (Å²) < 4.78 is 16.6. The smallest absolute Gasteiger partial charge is 0.191 e. The zero-order valence-electron chi connectivity index (χ0n) is 7.72. The van der Waals surface area contributed by atoms with E-state index >= 15 is 0 Å². The fourth-order valence-electron chi connectivity index (χ4n) is 2.46. The van der Waals surface area contributed by atoms with Crippen LogP contribution in [0, 0.1) is 5.92 Å². The maximum atomic E-state index is 10.9. The van der Waals surface area contributed by atoms with Gasteiger partial charge in [0.15, 0.2) is 6.29 Å². The highest BCUT2D eigenvalue weighted by Crippen LogP contribution is 2.46. The van der Waals surface area contributed by atoms with E-state index in [0.717, 1.165) is 12.7 Å². The third kappa shape index (κ3) is 0.960. The molecule has 0 aliphatic carbocycles. The highest BCUT2D eigenvalue weighted by atomic mass is 16.7. The molecule has 0 aromatic rings. The molecule has 3 atom stereocenters. The minimum atomic E-state index is -0.636. The molecule has 3 aliphatic heterocycles. The van der Waals surface area contributed by atoms with Crippen molar-refractivity contribution in [3.8, 4) is 0 Å². The van der Waals surface area contributed by atoms with Crippen LogP contribution in [0.15, 0.2) is 12.2 Å². The number of ether oxygens (including phenoxy) is 3. The first-order valence-corrected chi connectivity index (χ1v) is 4.91. The second-order valence-electron chi connectivity index (χ2n) is 3.92. The highest BCUT2D eigenvalue weighted by Gasteiger charge is 2.57. The van der Waals surface area contributed by atoms with E-state index in [1.54, 1.807) is 0 Å². The molecule has 2 fully saturated rings. The Morgan fingerprint density at radius 2 is 2.14 bits per heavy atom. The number of aldehydes is 1. The second-order valence-corrected chi connectivity index (χ2v) is 3.92. The van der Waals surface area contributed by atoms with E-state index in [-0.39, 0.29) is 12.0 Å². The molecule has 76 valence electrons.